The van der Waals surface area contributed by atoms with Gasteiger partial charge in [-0.25, -0.2) is 10.2 Å². The van der Waals surface area contributed by atoms with Crippen molar-refractivity contribution in [3.63, 3.8) is 0 Å². The Balaban J connectivity index is 1.46. The first kappa shape index (κ1) is 24.3. The van der Waals surface area contributed by atoms with Gasteiger partial charge in [0, 0.05) is 19.0 Å². The van der Waals surface area contributed by atoms with Gasteiger partial charge in [-0.2, -0.15) is 5.10 Å². The zero-order valence-electron chi connectivity index (χ0n) is 17.6. The SMILES string of the molecule is O=C(Cc1ccc(Br)c2ccccc12)NN=Cc1cc(Br)ccc1OC(=O)c1ccc(Br)cc1. The Morgan fingerprint density at radius 1 is 0.853 bits per heavy atom. The predicted octanol–water partition coefficient (Wildman–Crippen LogP) is 7.04. The highest BCUT2D eigenvalue weighted by atomic mass is 79.9. The van der Waals surface area contributed by atoms with Crippen molar-refractivity contribution in [3.8, 4) is 5.75 Å². The van der Waals surface area contributed by atoms with Crippen LogP contribution in [0.25, 0.3) is 10.8 Å². The number of hydrogen-bond acceptors (Lipinski definition) is 4. The molecule has 0 fully saturated rings. The van der Waals surface area contributed by atoms with E-state index in [-0.39, 0.29) is 12.3 Å². The van der Waals surface area contributed by atoms with Crippen LogP contribution in [0.3, 0.4) is 0 Å². The van der Waals surface area contributed by atoms with Gasteiger partial charge in [0.1, 0.15) is 5.75 Å². The van der Waals surface area contributed by atoms with Crippen LogP contribution in [0, 0.1) is 0 Å². The lowest BCUT2D eigenvalue weighted by Crippen LogP contribution is -2.20. The fourth-order valence-electron chi connectivity index (χ4n) is 3.32. The Bertz CT molecular complexity index is 1400. The van der Waals surface area contributed by atoms with Crippen LogP contribution in [0.15, 0.2) is 97.4 Å². The zero-order chi connectivity index (χ0) is 24.1. The summed E-state index contributed by atoms with van der Waals surface area (Å²) in [5.41, 5.74) is 4.41. The minimum Gasteiger partial charge on any atom is -0.422 e. The van der Waals surface area contributed by atoms with Gasteiger partial charge in [-0.05, 0) is 64.9 Å². The minimum absolute atomic E-state index is 0.176. The maximum Gasteiger partial charge on any atom is 0.343 e. The number of halogens is 3. The van der Waals surface area contributed by atoms with E-state index < -0.39 is 5.97 Å². The fraction of sp³-hybridized carbons (Fsp3) is 0.0385. The summed E-state index contributed by atoms with van der Waals surface area (Å²) < 4.78 is 8.18. The Hall–Kier alpha value is -2.81. The molecule has 0 atom stereocenters. The number of ether oxygens (including phenoxy) is 1. The average Bonchev–Trinajstić information content (AvgIpc) is 2.83. The molecule has 0 heterocycles. The van der Waals surface area contributed by atoms with Gasteiger partial charge >= 0.3 is 5.97 Å². The molecule has 1 N–H and O–H groups in total. The van der Waals surface area contributed by atoms with Gasteiger partial charge in [-0.1, -0.05) is 78.1 Å². The van der Waals surface area contributed by atoms with Crippen LogP contribution in [0.4, 0.5) is 0 Å². The minimum atomic E-state index is -0.490. The summed E-state index contributed by atoms with van der Waals surface area (Å²) in [6, 6.07) is 23.8. The van der Waals surface area contributed by atoms with Crippen molar-refractivity contribution in [3.05, 3.63) is 109 Å². The van der Waals surface area contributed by atoms with Gasteiger partial charge < -0.3 is 4.74 Å². The summed E-state index contributed by atoms with van der Waals surface area (Å²) in [5.74, 6) is -0.421. The lowest BCUT2D eigenvalue weighted by molar-refractivity contribution is -0.120. The maximum atomic E-state index is 12.5. The van der Waals surface area contributed by atoms with Gasteiger partial charge in [0.15, 0.2) is 0 Å². The molecular weight excluding hydrogens is 628 g/mol. The Morgan fingerprint density at radius 3 is 2.32 bits per heavy atom. The van der Waals surface area contributed by atoms with E-state index in [0.717, 1.165) is 29.8 Å². The summed E-state index contributed by atoms with van der Waals surface area (Å²) in [6.07, 6.45) is 1.63. The van der Waals surface area contributed by atoms with Crippen molar-refractivity contribution in [2.75, 3.05) is 0 Å². The molecular formula is C26H17Br3N2O3. The molecule has 0 aliphatic carbocycles. The first-order valence-corrected chi connectivity index (χ1v) is 12.5. The summed E-state index contributed by atoms with van der Waals surface area (Å²) in [7, 11) is 0. The number of carbonyl (C=O) groups is 2. The lowest BCUT2D eigenvalue weighted by atomic mass is 10.0. The molecule has 34 heavy (non-hydrogen) atoms. The van der Waals surface area contributed by atoms with E-state index in [1.807, 2.05) is 36.4 Å². The lowest BCUT2D eigenvalue weighted by Gasteiger charge is -2.09. The van der Waals surface area contributed by atoms with Crippen molar-refractivity contribution in [2.45, 2.75) is 6.42 Å². The number of hydrazone groups is 1. The second kappa shape index (κ2) is 11.1. The largest absolute Gasteiger partial charge is 0.422 e. The molecule has 1 amide bonds. The van der Waals surface area contributed by atoms with Crippen LogP contribution in [0.2, 0.25) is 0 Å². The van der Waals surface area contributed by atoms with E-state index >= 15 is 0 Å². The number of rotatable bonds is 6. The number of esters is 1. The number of hydrogen-bond donors (Lipinski definition) is 1. The highest BCUT2D eigenvalue weighted by molar-refractivity contribution is 9.11. The van der Waals surface area contributed by atoms with E-state index in [4.69, 9.17) is 4.74 Å². The monoisotopic (exact) mass is 642 g/mol. The molecule has 4 aromatic carbocycles. The summed E-state index contributed by atoms with van der Waals surface area (Å²) in [6.45, 7) is 0. The van der Waals surface area contributed by atoms with Crippen LogP contribution in [0.5, 0.6) is 5.75 Å². The van der Waals surface area contributed by atoms with Gasteiger partial charge in [0.25, 0.3) is 0 Å². The third-order valence-corrected chi connectivity index (χ3v) is 6.67. The molecule has 0 aromatic heterocycles. The van der Waals surface area contributed by atoms with Crippen LogP contribution < -0.4 is 10.2 Å². The standard InChI is InChI=1S/C26H17Br3N2O3/c27-19-8-5-16(6-9-19)26(33)34-24-12-10-20(28)13-18(24)15-30-31-25(32)14-17-7-11-23(29)22-4-2-1-3-21(17)22/h1-13,15H,14H2,(H,31,32). The van der Waals surface area contributed by atoms with Gasteiger partial charge in [-0.3, -0.25) is 4.79 Å². The molecule has 0 saturated carbocycles. The number of benzene rings is 4. The summed E-state index contributed by atoms with van der Waals surface area (Å²) >= 11 is 10.3. The van der Waals surface area contributed by atoms with Gasteiger partial charge in [0.2, 0.25) is 5.91 Å². The topological polar surface area (TPSA) is 67.8 Å². The second-order valence-corrected chi connectivity index (χ2v) is 9.99. The number of nitrogens with one attached hydrogen (secondary N) is 1. The smallest absolute Gasteiger partial charge is 0.343 e. The average molecular weight is 645 g/mol. The molecule has 4 aromatic rings. The normalized spacial score (nSPS) is 11.0. The molecule has 0 aliphatic heterocycles. The van der Waals surface area contributed by atoms with Crippen molar-refractivity contribution in [1.29, 1.82) is 0 Å². The molecule has 0 radical (unpaired) electrons. The van der Waals surface area contributed by atoms with Crippen molar-refractivity contribution >= 4 is 76.7 Å². The summed E-state index contributed by atoms with van der Waals surface area (Å²) in [4.78, 5) is 25.1. The third kappa shape index (κ3) is 6.00. The Labute approximate surface area is 221 Å². The highest BCUT2D eigenvalue weighted by Crippen LogP contribution is 2.27. The molecule has 0 saturated heterocycles. The molecule has 0 bridgehead atoms. The number of nitrogens with zero attached hydrogens (tertiary/aromatic N) is 1. The van der Waals surface area contributed by atoms with Gasteiger partial charge in [0.05, 0.1) is 18.2 Å². The second-order valence-electron chi connectivity index (χ2n) is 7.30. The molecule has 0 spiro atoms. The molecule has 4 rings (SSSR count). The van der Waals surface area contributed by atoms with Crippen molar-refractivity contribution < 1.29 is 14.3 Å². The van der Waals surface area contributed by atoms with Crippen molar-refractivity contribution in [2.24, 2.45) is 5.10 Å². The van der Waals surface area contributed by atoms with Crippen LogP contribution in [-0.2, 0) is 11.2 Å². The van der Waals surface area contributed by atoms with Crippen LogP contribution >= 0.6 is 47.8 Å². The highest BCUT2D eigenvalue weighted by Gasteiger charge is 2.12. The fourth-order valence-corrected chi connectivity index (χ4v) is 4.44. The quantitative estimate of drug-likeness (QED) is 0.106. The van der Waals surface area contributed by atoms with E-state index in [1.165, 1.54) is 6.21 Å². The van der Waals surface area contributed by atoms with Gasteiger partial charge in [-0.15, -0.1) is 0 Å². The van der Waals surface area contributed by atoms with E-state index in [2.05, 4.69) is 58.3 Å². The molecule has 5 nitrogen and oxygen atoms in total. The Kier molecular flexibility index (Phi) is 7.92. The molecule has 8 heteroatoms. The third-order valence-electron chi connectivity index (χ3n) is 4.96. The van der Waals surface area contributed by atoms with E-state index in [1.54, 1.807) is 42.5 Å². The maximum absolute atomic E-state index is 12.5. The molecule has 170 valence electrons. The first-order chi connectivity index (χ1) is 16.4. The number of fused-ring (bicyclic) bond motifs is 1. The first-order valence-electron chi connectivity index (χ1n) is 10.2. The summed E-state index contributed by atoms with van der Waals surface area (Å²) in [5, 5.41) is 6.13. The Morgan fingerprint density at radius 2 is 1.56 bits per heavy atom. The number of carbonyl (C=O) groups excluding carboxylic acids is 2. The molecule has 0 unspecified atom stereocenters. The zero-order valence-corrected chi connectivity index (χ0v) is 22.4. The number of amides is 1. The van der Waals surface area contributed by atoms with Crippen LogP contribution in [0.1, 0.15) is 21.5 Å². The van der Waals surface area contributed by atoms with Crippen molar-refractivity contribution in [1.82, 2.24) is 5.43 Å². The molecule has 0 aliphatic rings. The van der Waals surface area contributed by atoms with E-state index in [0.29, 0.717) is 16.9 Å². The predicted molar refractivity (Wildman–Crippen MR) is 144 cm³/mol. The van der Waals surface area contributed by atoms with E-state index in [9.17, 15) is 9.59 Å². The van der Waals surface area contributed by atoms with Crippen LogP contribution in [-0.4, -0.2) is 18.1 Å².